The van der Waals surface area contributed by atoms with Gasteiger partial charge in [-0.15, -0.1) is 0 Å². The fourth-order valence-corrected chi connectivity index (χ4v) is 5.59. The van der Waals surface area contributed by atoms with E-state index in [2.05, 4.69) is 31.9 Å². The highest BCUT2D eigenvalue weighted by molar-refractivity contribution is 5.80. The lowest BCUT2D eigenvalue weighted by Gasteiger charge is -2.37. The Labute approximate surface area is 189 Å². The summed E-state index contributed by atoms with van der Waals surface area (Å²) in [5.41, 5.74) is 2.40. The molecule has 3 fully saturated rings. The first-order chi connectivity index (χ1) is 15.7. The Morgan fingerprint density at radius 1 is 0.719 bits per heavy atom. The van der Waals surface area contributed by atoms with Crippen LogP contribution in [-0.4, -0.2) is 93.7 Å². The van der Waals surface area contributed by atoms with Crippen LogP contribution in [0.4, 0.5) is 0 Å². The van der Waals surface area contributed by atoms with Gasteiger partial charge in [-0.25, -0.2) is 0 Å². The third kappa shape index (κ3) is 4.47. The Morgan fingerprint density at radius 3 is 1.53 bits per heavy atom. The number of hydrogen-bond donors (Lipinski definition) is 2. The largest absolute Gasteiger partial charge is 0.364 e. The number of aromatic nitrogens is 2. The van der Waals surface area contributed by atoms with Gasteiger partial charge in [-0.2, -0.15) is 0 Å². The summed E-state index contributed by atoms with van der Waals surface area (Å²) in [6.07, 6.45) is 8.34. The van der Waals surface area contributed by atoms with Crippen molar-refractivity contribution in [2.45, 2.75) is 37.8 Å². The van der Waals surface area contributed by atoms with E-state index in [1.165, 1.54) is 11.4 Å². The Morgan fingerprint density at radius 2 is 1.16 bits per heavy atom. The first-order valence-electron chi connectivity index (χ1n) is 12.0. The van der Waals surface area contributed by atoms with Gasteiger partial charge in [0, 0.05) is 50.0 Å². The summed E-state index contributed by atoms with van der Waals surface area (Å²) in [6.45, 7) is 5.37. The standard InChI is InChI=1S/C24H34N6O2/c31-23(17-29-11-3-7-21(29)19-5-1-9-25-19)27-13-15-28(16-14-27)24(32)18-30-12-4-8-22(30)20-6-2-10-26-20/h1-2,5-6,9-10,21-22,25-26H,3-4,7-8,11-18H2. The van der Waals surface area contributed by atoms with Gasteiger partial charge in [0.25, 0.3) is 0 Å². The van der Waals surface area contributed by atoms with Gasteiger partial charge < -0.3 is 19.8 Å². The maximum absolute atomic E-state index is 13.0. The van der Waals surface area contributed by atoms with Crippen molar-refractivity contribution in [3.63, 3.8) is 0 Å². The predicted octanol–water partition coefficient (Wildman–Crippen LogP) is 1.99. The van der Waals surface area contributed by atoms with Crippen LogP contribution in [0, 0.1) is 0 Å². The van der Waals surface area contributed by atoms with Crippen molar-refractivity contribution >= 4 is 11.8 Å². The SMILES string of the molecule is O=C(CN1CCCC1c1ccc[nH]1)N1CCN(C(=O)CN2CCCC2c2ccc[nH]2)CC1. The van der Waals surface area contributed by atoms with Crippen LogP contribution in [0.2, 0.25) is 0 Å². The molecule has 0 saturated carbocycles. The van der Waals surface area contributed by atoms with Crippen molar-refractivity contribution in [1.29, 1.82) is 0 Å². The molecule has 5 heterocycles. The van der Waals surface area contributed by atoms with Crippen molar-refractivity contribution < 1.29 is 9.59 Å². The van der Waals surface area contributed by atoms with E-state index in [1.807, 2.05) is 34.3 Å². The van der Waals surface area contributed by atoms with E-state index in [-0.39, 0.29) is 11.8 Å². The summed E-state index contributed by atoms with van der Waals surface area (Å²) < 4.78 is 0. The lowest BCUT2D eigenvalue weighted by atomic mass is 10.1. The van der Waals surface area contributed by atoms with E-state index in [0.717, 1.165) is 38.8 Å². The van der Waals surface area contributed by atoms with Crippen molar-refractivity contribution in [3.8, 4) is 0 Å². The number of likely N-dealkylation sites (tertiary alicyclic amines) is 2. The normalized spacial score (nSPS) is 25.0. The number of amides is 2. The number of hydrogen-bond acceptors (Lipinski definition) is 4. The second-order valence-electron chi connectivity index (χ2n) is 9.27. The number of carbonyl (C=O) groups is 2. The van der Waals surface area contributed by atoms with Crippen molar-refractivity contribution in [2.75, 3.05) is 52.4 Å². The lowest BCUT2D eigenvalue weighted by Crippen LogP contribution is -2.54. The van der Waals surface area contributed by atoms with E-state index < -0.39 is 0 Å². The summed E-state index contributed by atoms with van der Waals surface area (Å²) >= 11 is 0. The maximum atomic E-state index is 13.0. The molecule has 5 rings (SSSR count). The zero-order valence-electron chi connectivity index (χ0n) is 18.7. The minimum absolute atomic E-state index is 0.182. The predicted molar refractivity (Wildman–Crippen MR) is 122 cm³/mol. The Bertz CT molecular complexity index is 814. The second kappa shape index (κ2) is 9.50. The third-order valence-corrected chi connectivity index (χ3v) is 7.35. The molecule has 8 nitrogen and oxygen atoms in total. The van der Waals surface area contributed by atoms with Crippen LogP contribution in [0.15, 0.2) is 36.7 Å². The van der Waals surface area contributed by atoms with Crippen LogP contribution in [0.3, 0.4) is 0 Å². The molecule has 3 aliphatic rings. The first kappa shape index (κ1) is 21.3. The van der Waals surface area contributed by atoms with Crippen molar-refractivity contribution in [3.05, 3.63) is 48.0 Å². The Kier molecular flexibility index (Phi) is 6.32. The number of carbonyl (C=O) groups excluding carboxylic acids is 2. The number of nitrogens with one attached hydrogen (secondary N) is 2. The quantitative estimate of drug-likeness (QED) is 0.723. The van der Waals surface area contributed by atoms with E-state index in [9.17, 15) is 9.59 Å². The molecule has 2 aromatic heterocycles. The van der Waals surface area contributed by atoms with Gasteiger partial charge in [-0.1, -0.05) is 0 Å². The monoisotopic (exact) mass is 438 g/mol. The summed E-state index contributed by atoms with van der Waals surface area (Å²) in [5.74, 6) is 0.365. The van der Waals surface area contributed by atoms with Gasteiger partial charge in [0.15, 0.2) is 0 Å². The molecular weight excluding hydrogens is 404 g/mol. The molecule has 0 aliphatic carbocycles. The number of aromatic amines is 2. The molecule has 3 aliphatic heterocycles. The first-order valence-corrected chi connectivity index (χ1v) is 12.0. The van der Waals surface area contributed by atoms with Gasteiger partial charge in [-0.3, -0.25) is 19.4 Å². The fraction of sp³-hybridized carbons (Fsp3) is 0.583. The van der Waals surface area contributed by atoms with Gasteiger partial charge in [0.05, 0.1) is 25.2 Å². The summed E-state index contributed by atoms with van der Waals surface area (Å²) in [4.78, 5) is 41.0. The molecule has 8 heteroatoms. The minimum atomic E-state index is 0.182. The van der Waals surface area contributed by atoms with Crippen LogP contribution < -0.4 is 0 Å². The molecule has 0 aromatic carbocycles. The molecular formula is C24H34N6O2. The average Bonchev–Trinajstić information content (AvgIpc) is 3.61. The smallest absolute Gasteiger partial charge is 0.236 e. The summed E-state index contributed by atoms with van der Waals surface area (Å²) in [7, 11) is 0. The van der Waals surface area contributed by atoms with Gasteiger partial charge in [0.2, 0.25) is 11.8 Å². The molecule has 2 atom stereocenters. The van der Waals surface area contributed by atoms with Gasteiger partial charge in [0.1, 0.15) is 0 Å². The molecule has 2 N–H and O–H groups in total. The minimum Gasteiger partial charge on any atom is -0.364 e. The van der Waals surface area contributed by atoms with Crippen LogP contribution in [0.5, 0.6) is 0 Å². The van der Waals surface area contributed by atoms with E-state index in [4.69, 9.17) is 0 Å². The topological polar surface area (TPSA) is 78.7 Å². The van der Waals surface area contributed by atoms with E-state index in [1.54, 1.807) is 0 Å². The fourth-order valence-electron chi connectivity index (χ4n) is 5.59. The van der Waals surface area contributed by atoms with Crippen LogP contribution in [0.1, 0.15) is 49.2 Å². The highest BCUT2D eigenvalue weighted by Crippen LogP contribution is 2.31. The van der Waals surface area contributed by atoms with Crippen LogP contribution in [-0.2, 0) is 9.59 Å². The zero-order valence-corrected chi connectivity index (χ0v) is 18.7. The van der Waals surface area contributed by atoms with Crippen molar-refractivity contribution in [2.24, 2.45) is 0 Å². The lowest BCUT2D eigenvalue weighted by molar-refractivity contribution is -0.141. The Balaban J connectivity index is 1.10. The highest BCUT2D eigenvalue weighted by Gasteiger charge is 2.33. The molecule has 0 spiro atoms. The third-order valence-electron chi connectivity index (χ3n) is 7.35. The summed E-state index contributed by atoms with van der Waals surface area (Å²) in [5, 5.41) is 0. The van der Waals surface area contributed by atoms with Gasteiger partial charge >= 0.3 is 0 Å². The maximum Gasteiger partial charge on any atom is 0.236 e. The van der Waals surface area contributed by atoms with Crippen molar-refractivity contribution in [1.82, 2.24) is 29.6 Å². The number of piperazine rings is 1. The Hall–Kier alpha value is -2.58. The number of H-pyrrole nitrogens is 2. The van der Waals surface area contributed by atoms with Crippen LogP contribution in [0.25, 0.3) is 0 Å². The molecule has 3 saturated heterocycles. The molecule has 172 valence electrons. The molecule has 0 radical (unpaired) electrons. The van der Waals surface area contributed by atoms with Gasteiger partial charge in [-0.05, 0) is 63.0 Å². The van der Waals surface area contributed by atoms with E-state index >= 15 is 0 Å². The number of rotatable bonds is 6. The second-order valence-corrected chi connectivity index (χ2v) is 9.27. The molecule has 2 aromatic rings. The molecule has 0 bridgehead atoms. The average molecular weight is 439 g/mol. The molecule has 2 amide bonds. The molecule has 32 heavy (non-hydrogen) atoms. The van der Waals surface area contributed by atoms with Crippen LogP contribution >= 0.6 is 0 Å². The zero-order chi connectivity index (χ0) is 21.9. The number of nitrogens with zero attached hydrogens (tertiary/aromatic N) is 4. The van der Waals surface area contributed by atoms with E-state index in [0.29, 0.717) is 51.4 Å². The summed E-state index contributed by atoms with van der Waals surface area (Å²) in [6, 6.07) is 8.88. The highest BCUT2D eigenvalue weighted by atomic mass is 16.2. The molecule has 2 unspecified atom stereocenters.